The summed E-state index contributed by atoms with van der Waals surface area (Å²) in [5, 5.41) is 3.13. The lowest BCUT2D eigenvalue weighted by Crippen LogP contribution is -2.44. The average molecular weight is 333 g/mol. The molecule has 1 aromatic carbocycles. The summed E-state index contributed by atoms with van der Waals surface area (Å²) in [6.07, 6.45) is -2.61. The van der Waals surface area contributed by atoms with E-state index < -0.39 is 17.6 Å². The highest BCUT2D eigenvalue weighted by molar-refractivity contribution is 6.01. The molecule has 0 saturated carbocycles. The van der Waals surface area contributed by atoms with Gasteiger partial charge in [0, 0.05) is 19.6 Å². The SMILES string of the molecule is C=CCc1cc2c(c(C(F)(F)F)c1)C(=O)N1CCNC[C@@H]21.Cl. The van der Waals surface area contributed by atoms with Crippen LogP contribution in [0.2, 0.25) is 0 Å². The van der Waals surface area contributed by atoms with Crippen LogP contribution >= 0.6 is 12.4 Å². The molecule has 1 amide bonds. The number of alkyl halides is 3. The third-order valence-corrected chi connectivity index (χ3v) is 3.99. The Labute approximate surface area is 132 Å². The van der Waals surface area contributed by atoms with Crippen LogP contribution < -0.4 is 5.32 Å². The van der Waals surface area contributed by atoms with Crippen LogP contribution in [-0.2, 0) is 12.6 Å². The zero-order valence-corrected chi connectivity index (χ0v) is 12.6. The number of allylic oxidation sites excluding steroid dienone is 1. The van der Waals surface area contributed by atoms with E-state index in [0.29, 0.717) is 37.2 Å². The van der Waals surface area contributed by atoms with Gasteiger partial charge in [-0.2, -0.15) is 13.2 Å². The van der Waals surface area contributed by atoms with Gasteiger partial charge in [-0.15, -0.1) is 19.0 Å². The van der Waals surface area contributed by atoms with Gasteiger partial charge in [0.15, 0.2) is 0 Å². The van der Waals surface area contributed by atoms with Crippen molar-refractivity contribution in [3.05, 3.63) is 47.0 Å². The third kappa shape index (κ3) is 2.61. The quantitative estimate of drug-likeness (QED) is 0.845. The van der Waals surface area contributed by atoms with Crippen molar-refractivity contribution in [3.8, 4) is 0 Å². The number of benzene rings is 1. The van der Waals surface area contributed by atoms with Crippen molar-refractivity contribution in [1.82, 2.24) is 10.2 Å². The molecule has 1 atom stereocenters. The fraction of sp³-hybridized carbons (Fsp3) is 0.400. The van der Waals surface area contributed by atoms with E-state index >= 15 is 0 Å². The molecule has 0 radical (unpaired) electrons. The first-order chi connectivity index (χ1) is 9.93. The predicted octanol–water partition coefficient (Wildman–Crippen LogP) is 2.96. The number of hydrogen-bond acceptors (Lipinski definition) is 2. The molecular formula is C15H16ClF3N2O. The molecule has 1 saturated heterocycles. The standard InChI is InChI=1S/C15H15F3N2O.ClH/c1-2-3-9-6-10-12-8-19-4-5-20(12)14(21)13(10)11(7-9)15(16,17)18;/h2,6-7,12,19H,1,3-5,8H2;1H/t12-;/m0./s1. The van der Waals surface area contributed by atoms with Crippen molar-refractivity contribution in [1.29, 1.82) is 0 Å². The van der Waals surface area contributed by atoms with E-state index in [1.165, 1.54) is 4.90 Å². The minimum Gasteiger partial charge on any atom is -0.329 e. The van der Waals surface area contributed by atoms with Gasteiger partial charge in [-0.25, -0.2) is 0 Å². The molecule has 0 aromatic heterocycles. The largest absolute Gasteiger partial charge is 0.417 e. The van der Waals surface area contributed by atoms with Gasteiger partial charge in [0.05, 0.1) is 17.2 Å². The van der Waals surface area contributed by atoms with Gasteiger partial charge in [0.1, 0.15) is 0 Å². The number of nitrogens with one attached hydrogen (secondary N) is 1. The first kappa shape index (κ1) is 16.8. The molecule has 0 aliphatic carbocycles. The number of rotatable bonds is 2. The summed E-state index contributed by atoms with van der Waals surface area (Å²) >= 11 is 0. The normalized spacial score (nSPS) is 20.2. The van der Waals surface area contributed by atoms with E-state index in [-0.39, 0.29) is 24.0 Å². The number of nitrogens with zero attached hydrogens (tertiary/aromatic N) is 1. The van der Waals surface area contributed by atoms with Crippen molar-refractivity contribution in [3.63, 3.8) is 0 Å². The summed E-state index contributed by atoms with van der Waals surface area (Å²) in [6, 6.07) is 2.48. The van der Waals surface area contributed by atoms with Crippen LogP contribution in [0.15, 0.2) is 24.8 Å². The Balaban J connectivity index is 0.00000176. The number of amides is 1. The van der Waals surface area contributed by atoms with Gasteiger partial charge in [-0.1, -0.05) is 12.1 Å². The minimum absolute atomic E-state index is 0. The van der Waals surface area contributed by atoms with E-state index in [4.69, 9.17) is 0 Å². The Kier molecular flexibility index (Phi) is 4.54. The zero-order chi connectivity index (χ0) is 15.2. The summed E-state index contributed by atoms with van der Waals surface area (Å²) in [5.41, 5.74) is 0.0236. The van der Waals surface area contributed by atoms with Crippen LogP contribution in [0, 0.1) is 0 Å². The van der Waals surface area contributed by atoms with Gasteiger partial charge in [0.25, 0.3) is 5.91 Å². The van der Waals surface area contributed by atoms with Crippen LogP contribution in [-0.4, -0.2) is 30.4 Å². The van der Waals surface area contributed by atoms with Crippen molar-refractivity contribution >= 4 is 18.3 Å². The molecule has 2 aliphatic rings. The van der Waals surface area contributed by atoms with Gasteiger partial charge in [-0.05, 0) is 23.6 Å². The number of fused-ring (bicyclic) bond motifs is 3. The number of piperazine rings is 1. The Hall–Kier alpha value is -1.53. The molecule has 1 N–H and O–H groups in total. The van der Waals surface area contributed by atoms with Crippen molar-refractivity contribution in [2.45, 2.75) is 18.6 Å². The Morgan fingerprint density at radius 1 is 1.41 bits per heavy atom. The van der Waals surface area contributed by atoms with E-state index in [1.54, 1.807) is 12.1 Å². The van der Waals surface area contributed by atoms with E-state index in [0.717, 1.165) is 6.07 Å². The molecule has 0 spiro atoms. The van der Waals surface area contributed by atoms with Crippen molar-refractivity contribution in [2.75, 3.05) is 19.6 Å². The van der Waals surface area contributed by atoms with Crippen LogP contribution in [0.25, 0.3) is 0 Å². The Morgan fingerprint density at radius 3 is 2.77 bits per heavy atom. The Morgan fingerprint density at radius 2 is 2.14 bits per heavy atom. The van der Waals surface area contributed by atoms with Crippen LogP contribution in [0.5, 0.6) is 0 Å². The van der Waals surface area contributed by atoms with Crippen LogP contribution in [0.1, 0.15) is 33.1 Å². The van der Waals surface area contributed by atoms with Gasteiger partial charge >= 0.3 is 6.18 Å². The van der Waals surface area contributed by atoms with Crippen molar-refractivity contribution in [2.24, 2.45) is 0 Å². The second-order valence-electron chi connectivity index (χ2n) is 5.32. The molecule has 3 nitrogen and oxygen atoms in total. The molecule has 2 aliphatic heterocycles. The van der Waals surface area contributed by atoms with E-state index in [9.17, 15) is 18.0 Å². The lowest BCUT2D eigenvalue weighted by Gasteiger charge is -2.30. The van der Waals surface area contributed by atoms with Crippen molar-refractivity contribution < 1.29 is 18.0 Å². The summed E-state index contributed by atoms with van der Waals surface area (Å²) in [6.45, 7) is 5.11. The molecule has 22 heavy (non-hydrogen) atoms. The molecule has 1 aromatic rings. The predicted molar refractivity (Wildman–Crippen MR) is 79.2 cm³/mol. The molecule has 120 valence electrons. The monoisotopic (exact) mass is 332 g/mol. The third-order valence-electron chi connectivity index (χ3n) is 3.99. The second kappa shape index (κ2) is 5.93. The number of carbonyl (C=O) groups excluding carboxylic acids is 1. The van der Waals surface area contributed by atoms with Crippen LogP contribution in [0.4, 0.5) is 13.2 Å². The fourth-order valence-electron chi connectivity index (χ4n) is 3.11. The lowest BCUT2D eigenvalue weighted by atomic mass is 9.94. The molecule has 3 rings (SSSR count). The number of hydrogen-bond donors (Lipinski definition) is 1. The van der Waals surface area contributed by atoms with Crippen LogP contribution in [0.3, 0.4) is 0 Å². The molecule has 0 unspecified atom stereocenters. The van der Waals surface area contributed by atoms with Gasteiger partial charge in [0.2, 0.25) is 0 Å². The maximum Gasteiger partial charge on any atom is 0.417 e. The second-order valence-corrected chi connectivity index (χ2v) is 5.32. The average Bonchev–Trinajstić information content (AvgIpc) is 2.72. The number of halogens is 4. The first-order valence-corrected chi connectivity index (χ1v) is 6.80. The molecular weight excluding hydrogens is 317 g/mol. The smallest absolute Gasteiger partial charge is 0.329 e. The highest BCUT2D eigenvalue weighted by Crippen LogP contribution is 2.42. The first-order valence-electron chi connectivity index (χ1n) is 6.80. The molecule has 7 heteroatoms. The highest BCUT2D eigenvalue weighted by atomic mass is 35.5. The summed E-state index contributed by atoms with van der Waals surface area (Å²) in [5.74, 6) is -0.506. The molecule has 1 fully saturated rings. The number of carbonyl (C=O) groups is 1. The lowest BCUT2D eigenvalue weighted by molar-refractivity contribution is -0.138. The molecule has 0 bridgehead atoms. The van der Waals surface area contributed by atoms with Gasteiger partial charge < -0.3 is 10.2 Å². The molecule has 2 heterocycles. The summed E-state index contributed by atoms with van der Waals surface area (Å²) < 4.78 is 39.9. The summed E-state index contributed by atoms with van der Waals surface area (Å²) in [4.78, 5) is 13.9. The topological polar surface area (TPSA) is 32.3 Å². The fourth-order valence-corrected chi connectivity index (χ4v) is 3.11. The maximum absolute atomic E-state index is 13.3. The van der Waals surface area contributed by atoms with Gasteiger partial charge in [-0.3, -0.25) is 4.79 Å². The zero-order valence-electron chi connectivity index (χ0n) is 11.7. The van der Waals surface area contributed by atoms with E-state index in [1.807, 2.05) is 0 Å². The minimum atomic E-state index is -4.53. The maximum atomic E-state index is 13.3. The summed E-state index contributed by atoms with van der Waals surface area (Å²) in [7, 11) is 0. The highest BCUT2D eigenvalue weighted by Gasteiger charge is 2.45. The van der Waals surface area contributed by atoms with E-state index in [2.05, 4.69) is 11.9 Å². The Bertz CT molecular complexity index is 616.